The van der Waals surface area contributed by atoms with Crippen LogP contribution in [-0.4, -0.2) is 26.3 Å². The molecule has 0 radical (unpaired) electrons. The third-order valence-electron chi connectivity index (χ3n) is 3.81. The fourth-order valence-corrected chi connectivity index (χ4v) is 10.3. The van der Waals surface area contributed by atoms with E-state index in [0.717, 1.165) is 0 Å². The van der Waals surface area contributed by atoms with Crippen LogP contribution in [0.1, 0.15) is 36.8 Å². The van der Waals surface area contributed by atoms with Crippen LogP contribution >= 0.6 is 0 Å². The molecule has 20 heavy (non-hydrogen) atoms. The molecule has 2 aromatic rings. The Balaban J connectivity index is 1.85. The summed E-state index contributed by atoms with van der Waals surface area (Å²) >= 11 is 1.28. The SMILES string of the molecule is c1ccc2c(c1)CCCCCCc1ccccc1[Se][Se]2. The van der Waals surface area contributed by atoms with Crippen molar-refractivity contribution >= 4 is 35.2 Å². The number of hydrogen-bond donors (Lipinski definition) is 0. The Labute approximate surface area is 133 Å². The van der Waals surface area contributed by atoms with E-state index >= 15 is 0 Å². The van der Waals surface area contributed by atoms with Crippen molar-refractivity contribution in [3.63, 3.8) is 0 Å². The summed E-state index contributed by atoms with van der Waals surface area (Å²) in [6.45, 7) is 0. The summed E-state index contributed by atoms with van der Waals surface area (Å²) in [5.41, 5.74) is 3.24. The third kappa shape index (κ3) is 3.77. The van der Waals surface area contributed by atoms with Gasteiger partial charge in [-0.25, -0.2) is 0 Å². The molecular weight excluding hydrogens is 374 g/mol. The average Bonchev–Trinajstić information content (AvgIpc) is 2.49. The van der Waals surface area contributed by atoms with E-state index in [1.807, 2.05) is 0 Å². The van der Waals surface area contributed by atoms with E-state index in [4.69, 9.17) is 0 Å². The number of hydrogen-bond acceptors (Lipinski definition) is 0. The van der Waals surface area contributed by atoms with Gasteiger partial charge in [-0.3, -0.25) is 0 Å². The van der Waals surface area contributed by atoms with E-state index < -0.39 is 0 Å². The molecule has 0 nitrogen and oxygen atoms in total. The van der Waals surface area contributed by atoms with Crippen molar-refractivity contribution in [1.82, 2.24) is 0 Å². The molecule has 0 bridgehead atoms. The van der Waals surface area contributed by atoms with Gasteiger partial charge in [-0.1, -0.05) is 0 Å². The monoisotopic (exact) mass is 396 g/mol. The molecule has 104 valence electrons. The van der Waals surface area contributed by atoms with E-state index in [1.165, 1.54) is 38.5 Å². The van der Waals surface area contributed by atoms with Gasteiger partial charge in [0.15, 0.2) is 0 Å². The van der Waals surface area contributed by atoms with Gasteiger partial charge < -0.3 is 0 Å². The summed E-state index contributed by atoms with van der Waals surface area (Å²) in [6.07, 6.45) is 8.07. The van der Waals surface area contributed by atoms with Crippen LogP contribution in [0.3, 0.4) is 0 Å². The molecule has 0 saturated heterocycles. The van der Waals surface area contributed by atoms with Crippen LogP contribution in [0, 0.1) is 0 Å². The van der Waals surface area contributed by atoms with Crippen LogP contribution < -0.4 is 8.92 Å². The van der Waals surface area contributed by atoms with E-state index in [2.05, 4.69) is 48.5 Å². The van der Waals surface area contributed by atoms with Crippen LogP contribution in [0.5, 0.6) is 0 Å². The third-order valence-corrected chi connectivity index (χ3v) is 11.2. The number of benzene rings is 2. The predicted molar refractivity (Wildman–Crippen MR) is 89.5 cm³/mol. The van der Waals surface area contributed by atoms with Crippen molar-refractivity contribution in [2.45, 2.75) is 38.5 Å². The van der Waals surface area contributed by atoms with Gasteiger partial charge >= 0.3 is 133 Å². The summed E-state index contributed by atoms with van der Waals surface area (Å²) in [5.74, 6) is 0. The Kier molecular flexibility index (Phi) is 5.39. The van der Waals surface area contributed by atoms with Crippen LogP contribution in [-0.2, 0) is 12.8 Å². The molecule has 0 unspecified atom stereocenters. The minimum atomic E-state index is 0.638. The van der Waals surface area contributed by atoms with Crippen molar-refractivity contribution in [2.75, 3.05) is 0 Å². The first-order chi connectivity index (χ1) is 9.93. The molecule has 0 N–H and O–H groups in total. The Hall–Kier alpha value is -0.521. The first-order valence-corrected chi connectivity index (χ1v) is 13.5. The summed E-state index contributed by atoms with van der Waals surface area (Å²) in [7, 11) is 0. The zero-order valence-electron chi connectivity index (χ0n) is 11.7. The second kappa shape index (κ2) is 7.48. The fourth-order valence-electron chi connectivity index (χ4n) is 2.66. The molecule has 2 heteroatoms. The average molecular weight is 394 g/mol. The molecular formula is C18H20Se2. The van der Waals surface area contributed by atoms with Gasteiger partial charge in [0.25, 0.3) is 0 Å². The molecule has 0 amide bonds. The second-order valence-corrected chi connectivity index (χ2v) is 11.5. The first-order valence-electron chi connectivity index (χ1n) is 7.44. The molecule has 3 rings (SSSR count). The van der Waals surface area contributed by atoms with Crippen LogP contribution in [0.2, 0.25) is 0 Å². The number of rotatable bonds is 0. The second-order valence-electron chi connectivity index (χ2n) is 5.30. The molecule has 0 atom stereocenters. The van der Waals surface area contributed by atoms with Crippen molar-refractivity contribution in [2.24, 2.45) is 0 Å². The maximum absolute atomic E-state index is 2.37. The number of aryl methyl sites for hydroxylation is 2. The minimum absolute atomic E-state index is 0.638. The molecule has 1 heterocycles. The van der Waals surface area contributed by atoms with E-state index in [9.17, 15) is 0 Å². The van der Waals surface area contributed by atoms with E-state index in [0.29, 0.717) is 26.3 Å². The Morgan fingerprint density at radius 3 is 1.50 bits per heavy atom. The van der Waals surface area contributed by atoms with Crippen molar-refractivity contribution < 1.29 is 0 Å². The Morgan fingerprint density at radius 2 is 1.00 bits per heavy atom. The fraction of sp³-hybridized carbons (Fsp3) is 0.333. The molecule has 1 aliphatic heterocycles. The van der Waals surface area contributed by atoms with E-state index in [-0.39, 0.29) is 0 Å². The first kappa shape index (κ1) is 14.4. The molecule has 0 fully saturated rings. The van der Waals surface area contributed by atoms with Gasteiger partial charge in [0.05, 0.1) is 0 Å². The van der Waals surface area contributed by atoms with Gasteiger partial charge in [0.2, 0.25) is 0 Å². The molecule has 0 aliphatic carbocycles. The van der Waals surface area contributed by atoms with Gasteiger partial charge in [0, 0.05) is 0 Å². The van der Waals surface area contributed by atoms with Gasteiger partial charge in [-0.05, 0) is 0 Å². The van der Waals surface area contributed by atoms with Crippen LogP contribution in [0.25, 0.3) is 0 Å². The van der Waals surface area contributed by atoms with Crippen molar-refractivity contribution in [3.05, 3.63) is 59.7 Å². The Morgan fingerprint density at radius 1 is 0.550 bits per heavy atom. The van der Waals surface area contributed by atoms with Gasteiger partial charge in [0.1, 0.15) is 0 Å². The summed E-state index contributed by atoms with van der Waals surface area (Å²) in [4.78, 5) is 0. The van der Waals surface area contributed by atoms with Crippen LogP contribution in [0.15, 0.2) is 48.5 Å². The summed E-state index contributed by atoms with van der Waals surface area (Å²) in [6, 6.07) is 18.3. The maximum atomic E-state index is 2.37. The Bertz CT molecular complexity index is 511. The number of fused-ring (bicyclic) bond motifs is 2. The zero-order valence-corrected chi connectivity index (χ0v) is 15.1. The zero-order chi connectivity index (χ0) is 13.6. The summed E-state index contributed by atoms with van der Waals surface area (Å²) < 4.78 is 3.30. The molecule has 0 saturated carbocycles. The van der Waals surface area contributed by atoms with Gasteiger partial charge in [-0.15, -0.1) is 0 Å². The van der Waals surface area contributed by atoms with E-state index in [1.54, 1.807) is 20.1 Å². The van der Waals surface area contributed by atoms with Gasteiger partial charge in [-0.2, -0.15) is 0 Å². The standard InChI is InChI=1S/C18H20Se2/c1-2-4-10-16-12-6-8-14-18(16)20-19-17-13-7-5-11-15(17)9-3-1/h5-8,11-14H,1-4,9-10H2. The van der Waals surface area contributed by atoms with Crippen LogP contribution in [0.4, 0.5) is 0 Å². The normalized spacial score (nSPS) is 16.4. The quantitative estimate of drug-likeness (QED) is 0.603. The predicted octanol–water partition coefficient (Wildman–Crippen LogP) is 2.62. The summed E-state index contributed by atoms with van der Waals surface area (Å²) in [5, 5.41) is 0. The van der Waals surface area contributed by atoms with Crippen molar-refractivity contribution in [1.29, 1.82) is 0 Å². The molecule has 1 aliphatic rings. The molecule has 0 spiro atoms. The topological polar surface area (TPSA) is 0 Å². The molecule has 0 aromatic heterocycles. The van der Waals surface area contributed by atoms with Crippen molar-refractivity contribution in [3.8, 4) is 0 Å². The molecule has 2 aromatic carbocycles.